The van der Waals surface area contributed by atoms with Crippen molar-refractivity contribution in [3.63, 3.8) is 0 Å². The first-order valence-electron chi connectivity index (χ1n) is 10.2. The van der Waals surface area contributed by atoms with Crippen LogP contribution in [0.25, 0.3) is 11.5 Å². The average molecular weight is 526 g/mol. The third-order valence-electron chi connectivity index (χ3n) is 5.20. The molecule has 0 radical (unpaired) electrons. The van der Waals surface area contributed by atoms with Crippen molar-refractivity contribution in [2.75, 3.05) is 26.7 Å². The van der Waals surface area contributed by atoms with Crippen molar-refractivity contribution in [2.45, 2.75) is 39.0 Å². The molecule has 30 heavy (non-hydrogen) atoms. The summed E-state index contributed by atoms with van der Waals surface area (Å²) < 4.78 is 5.28. The van der Waals surface area contributed by atoms with Gasteiger partial charge in [0, 0.05) is 45.1 Å². The minimum atomic E-state index is -0.227. The summed E-state index contributed by atoms with van der Waals surface area (Å²) in [6, 6.07) is 8.19. The molecule has 1 amide bonds. The Labute approximate surface area is 194 Å². The molecule has 1 aliphatic heterocycles. The van der Waals surface area contributed by atoms with Gasteiger partial charge in [0.05, 0.1) is 0 Å². The number of aryl methyl sites for hydroxylation is 1. The van der Waals surface area contributed by atoms with E-state index in [0.717, 1.165) is 62.7 Å². The summed E-state index contributed by atoms with van der Waals surface area (Å²) in [5.41, 5.74) is 7.51. The van der Waals surface area contributed by atoms with Crippen LogP contribution in [0.1, 0.15) is 37.6 Å². The van der Waals surface area contributed by atoms with Gasteiger partial charge in [-0.05, 0) is 42.9 Å². The van der Waals surface area contributed by atoms with Gasteiger partial charge in [-0.1, -0.05) is 24.2 Å². The average Bonchev–Trinajstić information content (AvgIpc) is 3.21. The van der Waals surface area contributed by atoms with Crippen LogP contribution in [0.5, 0.6) is 0 Å². The number of benzene rings is 1. The van der Waals surface area contributed by atoms with Crippen molar-refractivity contribution in [3.8, 4) is 11.5 Å². The monoisotopic (exact) mass is 526 g/mol. The predicted molar refractivity (Wildman–Crippen MR) is 128 cm³/mol. The zero-order valence-corrected chi connectivity index (χ0v) is 20.0. The van der Waals surface area contributed by atoms with E-state index in [-0.39, 0.29) is 29.9 Å². The lowest BCUT2D eigenvalue weighted by atomic mass is 9.95. The van der Waals surface area contributed by atoms with E-state index < -0.39 is 0 Å². The molecule has 164 valence electrons. The van der Waals surface area contributed by atoms with Crippen LogP contribution in [0.15, 0.2) is 33.8 Å². The van der Waals surface area contributed by atoms with Crippen LogP contribution < -0.4 is 11.1 Å². The Balaban J connectivity index is 0.00000320. The number of aromatic nitrogens is 2. The SMILES string of the molecule is CCc1noc(-c2ccc(CCNC(=NC)N3CCCC(CC(N)=O)C3)cc2)n1.I. The maximum atomic E-state index is 11.2. The highest BCUT2D eigenvalue weighted by atomic mass is 127. The Kier molecular flexibility index (Phi) is 9.54. The van der Waals surface area contributed by atoms with Gasteiger partial charge < -0.3 is 20.5 Å². The van der Waals surface area contributed by atoms with E-state index in [9.17, 15) is 4.79 Å². The van der Waals surface area contributed by atoms with Gasteiger partial charge in [-0.3, -0.25) is 9.79 Å². The van der Waals surface area contributed by atoms with Crippen LogP contribution in [0.3, 0.4) is 0 Å². The lowest BCUT2D eigenvalue weighted by Crippen LogP contribution is -2.47. The summed E-state index contributed by atoms with van der Waals surface area (Å²) in [5, 5.41) is 7.38. The van der Waals surface area contributed by atoms with E-state index >= 15 is 0 Å². The van der Waals surface area contributed by atoms with Gasteiger partial charge in [-0.25, -0.2) is 0 Å². The Hall–Kier alpha value is -2.17. The molecule has 2 heterocycles. The predicted octanol–water partition coefficient (Wildman–Crippen LogP) is 2.62. The Bertz CT molecular complexity index is 836. The fraction of sp³-hybridized carbons (Fsp3) is 0.524. The molecule has 1 fully saturated rings. The van der Waals surface area contributed by atoms with E-state index in [2.05, 4.69) is 37.5 Å². The normalized spacial score (nSPS) is 16.8. The van der Waals surface area contributed by atoms with E-state index in [1.165, 1.54) is 5.56 Å². The lowest BCUT2D eigenvalue weighted by Gasteiger charge is -2.34. The molecule has 2 aromatic rings. The number of carbonyl (C=O) groups is 1. The molecule has 1 saturated heterocycles. The molecule has 3 N–H and O–H groups in total. The third kappa shape index (κ3) is 6.68. The number of likely N-dealkylation sites (tertiary alicyclic amines) is 1. The standard InChI is InChI=1S/C21H30N6O2.HI/c1-3-19-25-20(29-26-19)17-8-6-15(7-9-17)10-11-24-21(23-2)27-12-4-5-16(14-27)13-18(22)28;/h6-9,16H,3-5,10-14H2,1-2H3,(H2,22,28)(H,23,24);1H. The van der Waals surface area contributed by atoms with Crippen molar-refractivity contribution in [1.29, 1.82) is 0 Å². The minimum absolute atomic E-state index is 0. The molecule has 3 rings (SSSR count). The van der Waals surface area contributed by atoms with E-state index in [4.69, 9.17) is 10.3 Å². The first kappa shape index (κ1) is 24.1. The summed E-state index contributed by atoms with van der Waals surface area (Å²) in [4.78, 5) is 22.2. The number of aliphatic imine (C=N–C) groups is 1. The van der Waals surface area contributed by atoms with Crippen molar-refractivity contribution < 1.29 is 9.32 Å². The molecular formula is C21H31IN6O2. The van der Waals surface area contributed by atoms with Crippen LogP contribution in [0.2, 0.25) is 0 Å². The molecule has 1 aromatic heterocycles. The molecule has 1 unspecified atom stereocenters. The van der Waals surface area contributed by atoms with E-state index in [1.807, 2.05) is 19.1 Å². The van der Waals surface area contributed by atoms with Gasteiger partial charge in [0.2, 0.25) is 5.91 Å². The molecule has 0 aliphatic carbocycles. The second-order valence-corrected chi connectivity index (χ2v) is 7.41. The summed E-state index contributed by atoms with van der Waals surface area (Å²) in [6.45, 7) is 4.55. The highest BCUT2D eigenvalue weighted by Crippen LogP contribution is 2.20. The van der Waals surface area contributed by atoms with Crippen molar-refractivity contribution in [1.82, 2.24) is 20.4 Å². The van der Waals surface area contributed by atoms with Crippen molar-refractivity contribution in [3.05, 3.63) is 35.7 Å². The van der Waals surface area contributed by atoms with Crippen LogP contribution >= 0.6 is 24.0 Å². The first-order valence-corrected chi connectivity index (χ1v) is 10.2. The van der Waals surface area contributed by atoms with Gasteiger partial charge in [0.25, 0.3) is 5.89 Å². The second-order valence-electron chi connectivity index (χ2n) is 7.41. The fourth-order valence-corrected chi connectivity index (χ4v) is 3.69. The molecule has 1 aromatic carbocycles. The Morgan fingerprint density at radius 1 is 1.37 bits per heavy atom. The van der Waals surface area contributed by atoms with E-state index in [0.29, 0.717) is 18.2 Å². The van der Waals surface area contributed by atoms with Crippen molar-refractivity contribution in [2.24, 2.45) is 16.6 Å². The highest BCUT2D eigenvalue weighted by molar-refractivity contribution is 14.0. The van der Waals surface area contributed by atoms with Crippen molar-refractivity contribution >= 4 is 35.8 Å². The molecular weight excluding hydrogens is 495 g/mol. The number of nitrogens with one attached hydrogen (secondary N) is 1. The zero-order valence-electron chi connectivity index (χ0n) is 17.6. The number of carbonyl (C=O) groups excluding carboxylic acids is 1. The number of nitrogens with zero attached hydrogens (tertiary/aromatic N) is 4. The molecule has 1 atom stereocenters. The maximum Gasteiger partial charge on any atom is 0.257 e. The largest absolute Gasteiger partial charge is 0.370 e. The zero-order chi connectivity index (χ0) is 20.6. The number of rotatable bonds is 7. The molecule has 0 spiro atoms. The topological polar surface area (TPSA) is 110 Å². The minimum Gasteiger partial charge on any atom is -0.370 e. The van der Waals surface area contributed by atoms with Gasteiger partial charge in [0.1, 0.15) is 0 Å². The number of hydrogen-bond acceptors (Lipinski definition) is 5. The number of halogens is 1. The van der Waals surface area contributed by atoms with Gasteiger partial charge in [0.15, 0.2) is 11.8 Å². The number of amides is 1. The summed E-state index contributed by atoms with van der Waals surface area (Å²) in [7, 11) is 1.80. The van der Waals surface area contributed by atoms with Crippen LogP contribution in [0.4, 0.5) is 0 Å². The van der Waals surface area contributed by atoms with Crippen LogP contribution in [-0.4, -0.2) is 53.6 Å². The van der Waals surface area contributed by atoms with Gasteiger partial charge in [-0.2, -0.15) is 4.98 Å². The number of nitrogens with two attached hydrogens (primary N) is 1. The highest BCUT2D eigenvalue weighted by Gasteiger charge is 2.23. The number of primary amides is 1. The summed E-state index contributed by atoms with van der Waals surface area (Å²) >= 11 is 0. The number of hydrogen-bond donors (Lipinski definition) is 2. The maximum absolute atomic E-state index is 11.2. The number of piperidine rings is 1. The quantitative estimate of drug-likeness (QED) is 0.326. The molecule has 8 nitrogen and oxygen atoms in total. The molecule has 0 saturated carbocycles. The number of guanidine groups is 1. The molecule has 1 aliphatic rings. The Morgan fingerprint density at radius 3 is 2.77 bits per heavy atom. The smallest absolute Gasteiger partial charge is 0.257 e. The molecule has 0 bridgehead atoms. The molecule has 9 heteroatoms. The lowest BCUT2D eigenvalue weighted by molar-refractivity contribution is -0.119. The fourth-order valence-electron chi connectivity index (χ4n) is 3.69. The van der Waals surface area contributed by atoms with Crippen LogP contribution in [0, 0.1) is 5.92 Å². The summed E-state index contributed by atoms with van der Waals surface area (Å²) in [6.07, 6.45) is 4.18. The summed E-state index contributed by atoms with van der Waals surface area (Å²) in [5.74, 6) is 2.24. The van der Waals surface area contributed by atoms with Gasteiger partial charge in [-0.15, -0.1) is 24.0 Å². The van der Waals surface area contributed by atoms with Gasteiger partial charge >= 0.3 is 0 Å². The van der Waals surface area contributed by atoms with E-state index in [1.54, 1.807) is 7.05 Å². The third-order valence-corrected chi connectivity index (χ3v) is 5.20. The van der Waals surface area contributed by atoms with Crippen LogP contribution in [-0.2, 0) is 17.6 Å². The second kappa shape index (κ2) is 11.9. The Morgan fingerprint density at radius 2 is 2.13 bits per heavy atom. The first-order chi connectivity index (χ1) is 14.1.